The third-order valence-electron chi connectivity index (χ3n) is 4.38. The molecule has 0 fully saturated rings. The predicted molar refractivity (Wildman–Crippen MR) is 124 cm³/mol. The lowest BCUT2D eigenvalue weighted by atomic mass is 10.1. The van der Waals surface area contributed by atoms with Crippen LogP contribution in [0.2, 0.25) is 0 Å². The summed E-state index contributed by atoms with van der Waals surface area (Å²) in [7, 11) is 0. The van der Waals surface area contributed by atoms with Gasteiger partial charge >= 0.3 is 11.9 Å². The summed E-state index contributed by atoms with van der Waals surface area (Å²) < 4.78 is 0. The number of rotatable bonds is 16. The number of carboxylic acid groups (broad SMARTS) is 2. The number of carboxylic acids is 2. The second-order valence-electron chi connectivity index (χ2n) is 7.70. The lowest BCUT2D eigenvalue weighted by Crippen LogP contribution is -2.42. The van der Waals surface area contributed by atoms with Gasteiger partial charge in [-0.15, -0.1) is 0 Å². The van der Waals surface area contributed by atoms with Gasteiger partial charge in [0.15, 0.2) is 0 Å². The van der Waals surface area contributed by atoms with Crippen molar-refractivity contribution in [3.8, 4) is 0 Å². The van der Waals surface area contributed by atoms with Gasteiger partial charge in [-0.05, 0) is 59.8 Å². The molecule has 3 N–H and O–H groups in total. The summed E-state index contributed by atoms with van der Waals surface area (Å²) in [4.78, 5) is 33.5. The molecule has 0 bridgehead atoms. The molecule has 6 nitrogen and oxygen atoms in total. The van der Waals surface area contributed by atoms with Crippen molar-refractivity contribution in [1.29, 1.82) is 0 Å². The largest absolute Gasteiger partial charge is 0.481 e. The molecule has 1 amide bonds. The molecule has 0 aromatic heterocycles. The topological polar surface area (TPSA) is 104 Å². The first-order valence-electron chi connectivity index (χ1n) is 10.4. The van der Waals surface area contributed by atoms with E-state index in [4.69, 9.17) is 5.11 Å². The maximum absolute atomic E-state index is 11.8. The molecular formula is C23H37NO5S. The Labute approximate surface area is 184 Å². The van der Waals surface area contributed by atoms with Crippen LogP contribution in [0.3, 0.4) is 0 Å². The van der Waals surface area contributed by atoms with Crippen molar-refractivity contribution in [2.24, 2.45) is 0 Å². The highest BCUT2D eigenvalue weighted by Crippen LogP contribution is 2.13. The zero-order valence-corrected chi connectivity index (χ0v) is 19.5. The predicted octanol–water partition coefficient (Wildman–Crippen LogP) is 4.96. The van der Waals surface area contributed by atoms with Gasteiger partial charge in [-0.3, -0.25) is 9.59 Å². The highest BCUT2D eigenvalue weighted by Gasteiger charge is 2.19. The Morgan fingerprint density at radius 2 is 1.47 bits per heavy atom. The van der Waals surface area contributed by atoms with E-state index in [2.05, 4.69) is 51.2 Å². The number of hydrogen-bond donors (Lipinski definition) is 3. The van der Waals surface area contributed by atoms with Crippen LogP contribution in [0.15, 0.2) is 34.9 Å². The van der Waals surface area contributed by atoms with Crippen LogP contribution < -0.4 is 5.32 Å². The summed E-state index contributed by atoms with van der Waals surface area (Å²) in [5.74, 6) is -1.52. The van der Waals surface area contributed by atoms with Crippen LogP contribution in [-0.4, -0.2) is 45.6 Å². The lowest BCUT2D eigenvalue weighted by Gasteiger charge is -2.13. The lowest BCUT2D eigenvalue weighted by molar-refractivity contribution is -0.141. The summed E-state index contributed by atoms with van der Waals surface area (Å²) >= 11 is 1.45. The first-order valence-corrected chi connectivity index (χ1v) is 11.5. The Bertz CT molecular complexity index is 648. The van der Waals surface area contributed by atoms with E-state index in [0.717, 1.165) is 25.7 Å². The van der Waals surface area contributed by atoms with Crippen LogP contribution in [0.1, 0.15) is 72.6 Å². The molecule has 0 rings (SSSR count). The molecule has 0 saturated carbocycles. The van der Waals surface area contributed by atoms with E-state index in [1.165, 1.54) is 28.5 Å². The zero-order chi connectivity index (χ0) is 22.9. The molecule has 0 radical (unpaired) electrons. The number of thioether (sulfide) groups is 1. The molecule has 0 aliphatic carbocycles. The summed E-state index contributed by atoms with van der Waals surface area (Å²) in [6.07, 6.45) is 10.9. The first-order chi connectivity index (χ1) is 14.1. The summed E-state index contributed by atoms with van der Waals surface area (Å²) in [6, 6.07) is -0.965. The van der Waals surface area contributed by atoms with Crippen LogP contribution in [0, 0.1) is 0 Å². The number of carbonyl (C=O) groups is 3. The van der Waals surface area contributed by atoms with Crippen molar-refractivity contribution in [3.05, 3.63) is 34.9 Å². The minimum atomic E-state index is -1.08. The first kappa shape index (κ1) is 28.0. The van der Waals surface area contributed by atoms with Gasteiger partial charge < -0.3 is 15.5 Å². The second-order valence-corrected chi connectivity index (χ2v) is 8.78. The van der Waals surface area contributed by atoms with Gasteiger partial charge in [-0.25, -0.2) is 4.79 Å². The van der Waals surface area contributed by atoms with Gasteiger partial charge in [0.25, 0.3) is 0 Å². The molecule has 1 atom stereocenters. The summed E-state index contributed by atoms with van der Waals surface area (Å²) in [5, 5.41) is 20.3. The molecule has 0 aliphatic rings. The number of hydrogen-bond acceptors (Lipinski definition) is 4. The molecule has 1 unspecified atom stereocenters. The number of aliphatic carboxylic acids is 2. The Morgan fingerprint density at radius 3 is 2.03 bits per heavy atom. The molecule has 0 aromatic rings. The molecule has 170 valence electrons. The number of allylic oxidation sites excluding steroid dienone is 5. The quantitative estimate of drug-likeness (QED) is 0.232. The molecule has 30 heavy (non-hydrogen) atoms. The number of carbonyl (C=O) groups excluding carboxylic acids is 1. The van der Waals surface area contributed by atoms with Gasteiger partial charge in [0.05, 0.1) is 0 Å². The fourth-order valence-electron chi connectivity index (χ4n) is 2.57. The van der Waals surface area contributed by atoms with Gasteiger partial charge in [0.2, 0.25) is 5.91 Å². The average Bonchev–Trinajstić information content (AvgIpc) is 2.63. The van der Waals surface area contributed by atoms with Gasteiger partial charge in [0, 0.05) is 24.3 Å². The van der Waals surface area contributed by atoms with Crippen molar-refractivity contribution < 1.29 is 24.6 Å². The minimum Gasteiger partial charge on any atom is -0.481 e. The molecule has 0 spiro atoms. The molecule has 0 aromatic carbocycles. The molecule has 0 aliphatic heterocycles. The van der Waals surface area contributed by atoms with Gasteiger partial charge in [-0.1, -0.05) is 34.9 Å². The monoisotopic (exact) mass is 439 g/mol. The van der Waals surface area contributed by atoms with Crippen molar-refractivity contribution in [2.45, 2.75) is 78.7 Å². The summed E-state index contributed by atoms with van der Waals surface area (Å²) in [6.45, 7) is 8.46. The smallest absolute Gasteiger partial charge is 0.327 e. The average molecular weight is 440 g/mol. The molecular weight excluding hydrogens is 402 g/mol. The SMILES string of the molecule is CC(C)=CCCC(C)=CCCC(C)=CCSCC(NC(=O)CCCC(=O)O)C(=O)O. The maximum Gasteiger partial charge on any atom is 0.327 e. The van der Waals surface area contributed by atoms with E-state index in [0.29, 0.717) is 5.75 Å². The second kappa shape index (κ2) is 16.7. The van der Waals surface area contributed by atoms with Crippen LogP contribution in [-0.2, 0) is 14.4 Å². The Balaban J connectivity index is 4.19. The zero-order valence-electron chi connectivity index (χ0n) is 18.7. The summed E-state index contributed by atoms with van der Waals surface area (Å²) in [5.41, 5.74) is 4.01. The highest BCUT2D eigenvalue weighted by atomic mass is 32.2. The normalized spacial score (nSPS) is 12.9. The van der Waals surface area contributed by atoms with Gasteiger partial charge in [0.1, 0.15) is 6.04 Å². The van der Waals surface area contributed by atoms with E-state index < -0.39 is 23.9 Å². The minimum absolute atomic E-state index is 0.0149. The van der Waals surface area contributed by atoms with Gasteiger partial charge in [-0.2, -0.15) is 11.8 Å². The van der Waals surface area contributed by atoms with Crippen molar-refractivity contribution in [3.63, 3.8) is 0 Å². The van der Waals surface area contributed by atoms with Crippen molar-refractivity contribution >= 4 is 29.6 Å². The van der Waals surface area contributed by atoms with E-state index in [1.807, 2.05) is 0 Å². The molecule has 7 heteroatoms. The number of nitrogens with one attached hydrogen (secondary N) is 1. The molecule has 0 saturated heterocycles. The van der Waals surface area contributed by atoms with Crippen LogP contribution in [0.5, 0.6) is 0 Å². The fourth-order valence-corrected chi connectivity index (χ4v) is 3.57. The Kier molecular flexibility index (Phi) is 15.6. The number of amides is 1. The third kappa shape index (κ3) is 16.9. The Morgan fingerprint density at radius 1 is 0.867 bits per heavy atom. The van der Waals surface area contributed by atoms with Crippen LogP contribution >= 0.6 is 11.8 Å². The van der Waals surface area contributed by atoms with E-state index in [-0.39, 0.29) is 25.0 Å². The van der Waals surface area contributed by atoms with E-state index in [1.54, 1.807) is 0 Å². The van der Waals surface area contributed by atoms with Crippen molar-refractivity contribution in [1.82, 2.24) is 5.32 Å². The maximum atomic E-state index is 11.8. The Hall–Kier alpha value is -2.02. The van der Waals surface area contributed by atoms with Crippen LogP contribution in [0.25, 0.3) is 0 Å². The standard InChI is InChI=1S/C23H37NO5S/c1-17(2)8-5-9-18(3)10-6-11-19(4)14-15-30-16-20(23(28)29)24-21(25)12-7-13-22(26)27/h8,10,14,20H,5-7,9,11-13,15-16H2,1-4H3,(H,24,25)(H,26,27)(H,28,29). The van der Waals surface area contributed by atoms with Crippen molar-refractivity contribution in [2.75, 3.05) is 11.5 Å². The fraction of sp³-hybridized carbons (Fsp3) is 0.609. The van der Waals surface area contributed by atoms with E-state index in [9.17, 15) is 19.5 Å². The third-order valence-corrected chi connectivity index (χ3v) is 5.36. The highest BCUT2D eigenvalue weighted by molar-refractivity contribution is 7.99. The molecule has 0 heterocycles. The van der Waals surface area contributed by atoms with Crippen LogP contribution in [0.4, 0.5) is 0 Å². The van der Waals surface area contributed by atoms with E-state index >= 15 is 0 Å².